The van der Waals surface area contributed by atoms with Crippen molar-refractivity contribution < 1.29 is 23.4 Å². The van der Waals surface area contributed by atoms with Crippen molar-refractivity contribution in [2.45, 2.75) is 6.42 Å². The van der Waals surface area contributed by atoms with Gasteiger partial charge in [-0.15, -0.1) is 15.3 Å². The lowest BCUT2D eigenvalue weighted by molar-refractivity contribution is -0.120. The van der Waals surface area contributed by atoms with E-state index in [2.05, 4.69) is 20.6 Å². The Labute approximate surface area is 189 Å². The first-order valence-corrected chi connectivity index (χ1v) is 10.2. The maximum Gasteiger partial charge on any atom is 0.231 e. The highest BCUT2D eigenvalue weighted by Gasteiger charge is 2.11. The number of aromatic nitrogens is 4. The summed E-state index contributed by atoms with van der Waals surface area (Å²) in [6.07, 6.45) is 0.201. The van der Waals surface area contributed by atoms with E-state index < -0.39 is 0 Å². The fourth-order valence-electron chi connectivity index (χ4n) is 3.21. The normalized spacial score (nSPS) is 10.8. The standard InChI is InChI=1S/C23H22FN5O4/c1-31-18-8-3-15(13-19(18)32-2)14-21(30)25-11-12-33-22-10-9-20-26-27-23(29(20)28-22)16-4-6-17(24)7-5-16/h3-10,13H,11-12,14H2,1-2H3,(H,25,30). The second-order valence-electron chi connectivity index (χ2n) is 7.04. The van der Waals surface area contributed by atoms with E-state index in [0.717, 1.165) is 5.56 Å². The van der Waals surface area contributed by atoms with Gasteiger partial charge >= 0.3 is 0 Å². The van der Waals surface area contributed by atoms with Gasteiger partial charge in [-0.25, -0.2) is 4.39 Å². The number of nitrogens with one attached hydrogen (secondary N) is 1. The number of benzene rings is 2. The summed E-state index contributed by atoms with van der Waals surface area (Å²) in [7, 11) is 3.11. The highest BCUT2D eigenvalue weighted by atomic mass is 19.1. The molecule has 0 saturated heterocycles. The first-order valence-electron chi connectivity index (χ1n) is 10.2. The molecule has 0 fully saturated rings. The van der Waals surface area contributed by atoms with Crippen molar-refractivity contribution in [1.29, 1.82) is 0 Å². The number of halogens is 1. The van der Waals surface area contributed by atoms with Gasteiger partial charge in [-0.1, -0.05) is 6.07 Å². The van der Waals surface area contributed by atoms with Crippen molar-refractivity contribution in [3.63, 3.8) is 0 Å². The zero-order valence-electron chi connectivity index (χ0n) is 18.1. The van der Waals surface area contributed by atoms with Gasteiger partial charge in [0, 0.05) is 11.6 Å². The highest BCUT2D eigenvalue weighted by Crippen LogP contribution is 2.27. The number of amides is 1. The van der Waals surface area contributed by atoms with Gasteiger partial charge in [-0.05, 0) is 48.0 Å². The van der Waals surface area contributed by atoms with Gasteiger partial charge in [0.25, 0.3) is 0 Å². The van der Waals surface area contributed by atoms with Gasteiger partial charge in [-0.2, -0.15) is 4.52 Å². The lowest BCUT2D eigenvalue weighted by Gasteiger charge is -2.10. The summed E-state index contributed by atoms with van der Waals surface area (Å²) in [5.74, 6) is 1.51. The van der Waals surface area contributed by atoms with E-state index in [1.807, 2.05) is 6.07 Å². The van der Waals surface area contributed by atoms with E-state index in [9.17, 15) is 9.18 Å². The molecule has 0 aliphatic heterocycles. The number of hydrogen-bond donors (Lipinski definition) is 1. The zero-order chi connectivity index (χ0) is 23.2. The number of hydrogen-bond acceptors (Lipinski definition) is 7. The molecule has 170 valence electrons. The van der Waals surface area contributed by atoms with E-state index in [-0.39, 0.29) is 24.8 Å². The largest absolute Gasteiger partial charge is 0.493 e. The quantitative estimate of drug-likeness (QED) is 0.391. The number of carbonyl (C=O) groups is 1. The minimum absolute atomic E-state index is 0.147. The van der Waals surface area contributed by atoms with E-state index in [0.29, 0.717) is 41.0 Å². The Kier molecular flexibility index (Phi) is 6.63. The first-order chi connectivity index (χ1) is 16.1. The molecular formula is C23H22FN5O4. The third-order valence-electron chi connectivity index (χ3n) is 4.83. The van der Waals surface area contributed by atoms with Crippen molar-refractivity contribution in [2.75, 3.05) is 27.4 Å². The molecule has 0 aliphatic rings. The SMILES string of the molecule is COc1ccc(CC(=O)NCCOc2ccc3nnc(-c4ccc(F)cc4)n3n2)cc1OC. The molecule has 0 unspecified atom stereocenters. The average molecular weight is 451 g/mol. The molecule has 1 amide bonds. The van der Waals surface area contributed by atoms with Gasteiger partial charge < -0.3 is 19.5 Å². The summed E-state index contributed by atoms with van der Waals surface area (Å²) in [6.45, 7) is 0.531. The molecular weight excluding hydrogens is 429 g/mol. The van der Waals surface area contributed by atoms with Crippen LogP contribution in [0.15, 0.2) is 54.6 Å². The number of nitrogens with zero attached hydrogens (tertiary/aromatic N) is 4. The fraction of sp³-hybridized carbons (Fsp3) is 0.217. The van der Waals surface area contributed by atoms with E-state index >= 15 is 0 Å². The number of methoxy groups -OCH3 is 2. The molecule has 4 rings (SSSR count). The lowest BCUT2D eigenvalue weighted by Crippen LogP contribution is -2.29. The molecule has 10 heteroatoms. The van der Waals surface area contributed by atoms with Crippen LogP contribution in [0.4, 0.5) is 4.39 Å². The number of rotatable bonds is 9. The Bertz CT molecular complexity index is 1260. The van der Waals surface area contributed by atoms with Crippen molar-refractivity contribution in [3.05, 3.63) is 66.0 Å². The van der Waals surface area contributed by atoms with Crippen molar-refractivity contribution in [1.82, 2.24) is 25.1 Å². The maximum absolute atomic E-state index is 13.2. The monoisotopic (exact) mass is 451 g/mol. The Morgan fingerprint density at radius 1 is 1.00 bits per heavy atom. The summed E-state index contributed by atoms with van der Waals surface area (Å²) >= 11 is 0. The summed E-state index contributed by atoms with van der Waals surface area (Å²) in [5.41, 5.74) is 2.01. The van der Waals surface area contributed by atoms with Crippen LogP contribution >= 0.6 is 0 Å². The minimum Gasteiger partial charge on any atom is -0.493 e. The number of ether oxygens (including phenoxy) is 3. The van der Waals surface area contributed by atoms with Crippen LogP contribution < -0.4 is 19.5 Å². The molecule has 0 saturated carbocycles. The molecule has 2 heterocycles. The number of fused-ring (bicyclic) bond motifs is 1. The predicted molar refractivity (Wildman–Crippen MR) is 118 cm³/mol. The fourth-order valence-corrected chi connectivity index (χ4v) is 3.21. The van der Waals surface area contributed by atoms with Crippen LogP contribution in [0.1, 0.15) is 5.56 Å². The topological polar surface area (TPSA) is 99.9 Å². The van der Waals surface area contributed by atoms with Crippen LogP contribution in [0.25, 0.3) is 17.0 Å². The van der Waals surface area contributed by atoms with Crippen LogP contribution in [-0.4, -0.2) is 53.1 Å². The second kappa shape index (κ2) is 9.94. The Morgan fingerprint density at radius 2 is 1.79 bits per heavy atom. The number of carbonyl (C=O) groups excluding carboxylic acids is 1. The van der Waals surface area contributed by atoms with Crippen molar-refractivity contribution >= 4 is 11.6 Å². The Balaban J connectivity index is 1.32. The second-order valence-corrected chi connectivity index (χ2v) is 7.04. The molecule has 2 aromatic heterocycles. The first kappa shape index (κ1) is 22.0. The van der Waals surface area contributed by atoms with Crippen molar-refractivity contribution in [2.24, 2.45) is 0 Å². The molecule has 1 N–H and O–H groups in total. The average Bonchev–Trinajstić information content (AvgIpc) is 3.25. The summed E-state index contributed by atoms with van der Waals surface area (Å²) < 4.78 is 30.9. The summed E-state index contributed by atoms with van der Waals surface area (Å²) in [4.78, 5) is 12.2. The maximum atomic E-state index is 13.2. The summed E-state index contributed by atoms with van der Waals surface area (Å²) in [5, 5.41) is 15.4. The molecule has 0 atom stereocenters. The van der Waals surface area contributed by atoms with Crippen LogP contribution in [0.2, 0.25) is 0 Å². The molecule has 4 aromatic rings. The molecule has 0 aliphatic carbocycles. The molecule has 0 radical (unpaired) electrons. The molecule has 0 spiro atoms. The third kappa shape index (κ3) is 5.17. The Hall–Kier alpha value is -4.21. The lowest BCUT2D eigenvalue weighted by atomic mass is 10.1. The van der Waals surface area contributed by atoms with E-state index in [4.69, 9.17) is 14.2 Å². The summed E-state index contributed by atoms with van der Waals surface area (Å²) in [6, 6.07) is 14.6. The minimum atomic E-state index is -0.335. The van der Waals surface area contributed by atoms with Gasteiger partial charge in [-0.3, -0.25) is 4.79 Å². The van der Waals surface area contributed by atoms with Gasteiger partial charge in [0.1, 0.15) is 12.4 Å². The zero-order valence-corrected chi connectivity index (χ0v) is 18.1. The van der Waals surface area contributed by atoms with Crippen LogP contribution in [0.3, 0.4) is 0 Å². The smallest absolute Gasteiger partial charge is 0.231 e. The third-order valence-corrected chi connectivity index (χ3v) is 4.83. The molecule has 9 nitrogen and oxygen atoms in total. The molecule has 33 heavy (non-hydrogen) atoms. The van der Waals surface area contributed by atoms with Crippen LogP contribution in [0.5, 0.6) is 17.4 Å². The van der Waals surface area contributed by atoms with Gasteiger partial charge in [0.2, 0.25) is 11.8 Å². The van der Waals surface area contributed by atoms with Crippen molar-refractivity contribution in [3.8, 4) is 28.8 Å². The predicted octanol–water partition coefficient (Wildman–Crippen LogP) is 2.69. The molecule has 2 aromatic carbocycles. The van der Waals surface area contributed by atoms with Gasteiger partial charge in [0.05, 0.1) is 27.2 Å². The highest BCUT2D eigenvalue weighted by molar-refractivity contribution is 5.78. The van der Waals surface area contributed by atoms with Crippen LogP contribution in [0, 0.1) is 5.82 Å². The van der Waals surface area contributed by atoms with E-state index in [1.165, 1.54) is 16.6 Å². The van der Waals surface area contributed by atoms with Crippen LogP contribution in [-0.2, 0) is 11.2 Å². The Morgan fingerprint density at radius 3 is 2.55 bits per heavy atom. The van der Waals surface area contributed by atoms with E-state index in [1.54, 1.807) is 50.6 Å². The van der Waals surface area contributed by atoms with Gasteiger partial charge in [0.15, 0.2) is 23.0 Å². The molecule has 0 bridgehead atoms.